The van der Waals surface area contributed by atoms with Crippen molar-refractivity contribution in [2.75, 3.05) is 17.3 Å². The molecule has 1 atom stereocenters. The zero-order valence-corrected chi connectivity index (χ0v) is 13.1. The molecule has 0 spiro atoms. The van der Waals surface area contributed by atoms with Crippen molar-refractivity contribution >= 4 is 27.5 Å². The molecule has 4 nitrogen and oxygen atoms in total. The first-order valence-corrected chi connectivity index (χ1v) is 9.93. The van der Waals surface area contributed by atoms with Gasteiger partial charge in [-0.2, -0.15) is 0 Å². The standard InChI is InChI=1S/C13H23NO3S2/c1-10-2-4-11(5-3-10)14-13(15)8-18-12-6-7-19(16,17)9-12/h10-12H,2-9H2,1H3,(H,14,15)/t10?,11?,12-/m0/s1. The fourth-order valence-corrected chi connectivity index (χ4v) is 6.21. The topological polar surface area (TPSA) is 63.2 Å². The van der Waals surface area contributed by atoms with Gasteiger partial charge in [-0.05, 0) is 38.0 Å². The van der Waals surface area contributed by atoms with Crippen LogP contribution in [0, 0.1) is 5.92 Å². The second-order valence-electron chi connectivity index (χ2n) is 5.86. The van der Waals surface area contributed by atoms with Crippen molar-refractivity contribution < 1.29 is 13.2 Å². The fraction of sp³-hybridized carbons (Fsp3) is 0.923. The molecule has 1 aliphatic heterocycles. The zero-order chi connectivity index (χ0) is 13.9. The van der Waals surface area contributed by atoms with Crippen LogP contribution in [0.3, 0.4) is 0 Å². The van der Waals surface area contributed by atoms with Crippen molar-refractivity contribution in [1.82, 2.24) is 5.32 Å². The van der Waals surface area contributed by atoms with Crippen LogP contribution in [0.15, 0.2) is 0 Å². The molecule has 1 N–H and O–H groups in total. The zero-order valence-electron chi connectivity index (χ0n) is 11.4. The van der Waals surface area contributed by atoms with Crippen LogP contribution in [0.25, 0.3) is 0 Å². The largest absolute Gasteiger partial charge is 0.353 e. The summed E-state index contributed by atoms with van der Waals surface area (Å²) in [6, 6.07) is 0.330. The molecule has 0 bridgehead atoms. The van der Waals surface area contributed by atoms with Crippen LogP contribution in [0.4, 0.5) is 0 Å². The Bertz CT molecular complexity index is 414. The van der Waals surface area contributed by atoms with Crippen molar-refractivity contribution in [3.05, 3.63) is 0 Å². The third kappa shape index (κ3) is 4.99. The lowest BCUT2D eigenvalue weighted by atomic mass is 9.87. The number of amides is 1. The van der Waals surface area contributed by atoms with Crippen molar-refractivity contribution in [3.63, 3.8) is 0 Å². The first-order valence-electron chi connectivity index (χ1n) is 7.06. The Morgan fingerprint density at radius 3 is 2.47 bits per heavy atom. The molecular formula is C13H23NO3S2. The predicted octanol–water partition coefficient (Wildman–Crippen LogP) is 1.60. The highest BCUT2D eigenvalue weighted by molar-refractivity contribution is 8.02. The van der Waals surface area contributed by atoms with E-state index in [2.05, 4.69) is 12.2 Å². The average molecular weight is 305 g/mol. The van der Waals surface area contributed by atoms with Gasteiger partial charge in [-0.1, -0.05) is 6.92 Å². The van der Waals surface area contributed by atoms with E-state index < -0.39 is 9.84 Å². The summed E-state index contributed by atoms with van der Waals surface area (Å²) in [6.45, 7) is 2.26. The van der Waals surface area contributed by atoms with E-state index in [1.54, 1.807) is 0 Å². The van der Waals surface area contributed by atoms with E-state index in [1.807, 2.05) is 0 Å². The summed E-state index contributed by atoms with van der Waals surface area (Å²) in [4.78, 5) is 11.8. The summed E-state index contributed by atoms with van der Waals surface area (Å²) >= 11 is 1.49. The predicted molar refractivity (Wildman–Crippen MR) is 79.1 cm³/mol. The monoisotopic (exact) mass is 305 g/mol. The molecule has 6 heteroatoms. The van der Waals surface area contributed by atoms with Crippen LogP contribution in [0.5, 0.6) is 0 Å². The van der Waals surface area contributed by atoms with Crippen molar-refractivity contribution in [2.24, 2.45) is 5.92 Å². The molecule has 0 radical (unpaired) electrons. The molecule has 110 valence electrons. The summed E-state index contributed by atoms with van der Waals surface area (Å²) < 4.78 is 22.6. The normalized spacial score (nSPS) is 34.1. The number of thioether (sulfide) groups is 1. The summed E-state index contributed by atoms with van der Waals surface area (Å²) in [6.07, 6.45) is 5.24. The van der Waals surface area contributed by atoms with E-state index in [1.165, 1.54) is 24.6 Å². The lowest BCUT2D eigenvalue weighted by Gasteiger charge is -2.27. The Morgan fingerprint density at radius 1 is 1.21 bits per heavy atom. The number of hydrogen-bond acceptors (Lipinski definition) is 4. The molecule has 1 heterocycles. The molecule has 2 aliphatic rings. The van der Waals surface area contributed by atoms with Crippen LogP contribution in [0.2, 0.25) is 0 Å². The fourth-order valence-electron chi connectivity index (χ4n) is 2.76. The van der Waals surface area contributed by atoms with Crippen LogP contribution < -0.4 is 5.32 Å². The molecule has 0 unspecified atom stereocenters. The maximum atomic E-state index is 11.8. The van der Waals surface area contributed by atoms with Gasteiger partial charge in [0.1, 0.15) is 0 Å². The maximum absolute atomic E-state index is 11.8. The van der Waals surface area contributed by atoms with E-state index >= 15 is 0 Å². The van der Waals surface area contributed by atoms with E-state index in [9.17, 15) is 13.2 Å². The van der Waals surface area contributed by atoms with Crippen molar-refractivity contribution in [1.29, 1.82) is 0 Å². The summed E-state index contributed by atoms with van der Waals surface area (Å²) in [5.41, 5.74) is 0. The highest BCUT2D eigenvalue weighted by Gasteiger charge is 2.28. The third-order valence-corrected chi connectivity index (χ3v) is 7.30. The van der Waals surface area contributed by atoms with Crippen molar-refractivity contribution in [2.45, 2.75) is 50.3 Å². The highest BCUT2D eigenvalue weighted by Crippen LogP contribution is 2.25. The maximum Gasteiger partial charge on any atom is 0.230 e. The first-order chi connectivity index (χ1) is 8.94. The number of rotatable bonds is 4. The summed E-state index contributed by atoms with van der Waals surface area (Å²) in [7, 11) is -2.83. The second kappa shape index (κ2) is 6.48. The minimum absolute atomic E-state index is 0.0638. The van der Waals surface area contributed by atoms with Crippen LogP contribution in [0.1, 0.15) is 39.0 Å². The minimum Gasteiger partial charge on any atom is -0.353 e. The van der Waals surface area contributed by atoms with Gasteiger partial charge in [-0.25, -0.2) is 8.42 Å². The smallest absolute Gasteiger partial charge is 0.230 e. The second-order valence-corrected chi connectivity index (χ2v) is 9.38. The van der Waals surface area contributed by atoms with Gasteiger partial charge in [-0.15, -0.1) is 11.8 Å². The van der Waals surface area contributed by atoms with Crippen molar-refractivity contribution in [3.8, 4) is 0 Å². The number of carbonyl (C=O) groups excluding carboxylic acids is 1. The van der Waals surface area contributed by atoms with E-state index in [0.717, 1.165) is 18.8 Å². The van der Waals surface area contributed by atoms with E-state index in [4.69, 9.17) is 0 Å². The molecular weight excluding hydrogens is 282 g/mol. The lowest BCUT2D eigenvalue weighted by molar-refractivity contribution is -0.119. The number of carbonyl (C=O) groups is 1. The van der Waals surface area contributed by atoms with Gasteiger partial charge in [0.2, 0.25) is 5.91 Å². The van der Waals surface area contributed by atoms with Gasteiger partial charge in [0.25, 0.3) is 0 Å². The lowest BCUT2D eigenvalue weighted by Crippen LogP contribution is -2.38. The summed E-state index contributed by atoms with van der Waals surface area (Å²) in [5, 5.41) is 3.19. The van der Waals surface area contributed by atoms with Gasteiger partial charge in [0.05, 0.1) is 17.3 Å². The van der Waals surface area contributed by atoms with Gasteiger partial charge in [0.15, 0.2) is 9.84 Å². The Labute approximate surface area is 120 Å². The third-order valence-electron chi connectivity index (χ3n) is 4.02. The molecule has 2 rings (SSSR count). The minimum atomic E-state index is -2.83. The van der Waals surface area contributed by atoms with Gasteiger partial charge in [0, 0.05) is 11.3 Å². The molecule has 1 saturated carbocycles. The Kier molecular flexibility index (Phi) is 5.17. The molecule has 0 aromatic rings. The Balaban J connectivity index is 1.65. The Morgan fingerprint density at radius 2 is 1.89 bits per heavy atom. The average Bonchev–Trinajstić information content (AvgIpc) is 2.69. The van der Waals surface area contributed by atoms with Crippen LogP contribution >= 0.6 is 11.8 Å². The van der Waals surface area contributed by atoms with Gasteiger partial charge >= 0.3 is 0 Å². The molecule has 0 aromatic heterocycles. The molecule has 1 amide bonds. The SMILES string of the molecule is CC1CCC(NC(=O)CS[C@H]2CCS(=O)(=O)C2)CC1. The van der Waals surface area contributed by atoms with E-state index in [0.29, 0.717) is 18.2 Å². The number of hydrogen-bond donors (Lipinski definition) is 1. The van der Waals surface area contributed by atoms with Gasteiger partial charge < -0.3 is 5.32 Å². The first kappa shape index (κ1) is 15.2. The van der Waals surface area contributed by atoms with Crippen LogP contribution in [-0.4, -0.2) is 42.9 Å². The molecule has 2 fully saturated rings. The molecule has 1 saturated heterocycles. The summed E-state index contributed by atoms with van der Waals surface area (Å²) in [5.74, 6) is 1.77. The molecule has 19 heavy (non-hydrogen) atoms. The number of nitrogens with one attached hydrogen (secondary N) is 1. The molecule has 1 aliphatic carbocycles. The number of sulfone groups is 1. The highest BCUT2D eigenvalue weighted by atomic mass is 32.2. The Hall–Kier alpha value is -0.230. The molecule has 0 aromatic carbocycles. The van der Waals surface area contributed by atoms with Crippen LogP contribution in [-0.2, 0) is 14.6 Å². The quantitative estimate of drug-likeness (QED) is 0.857. The van der Waals surface area contributed by atoms with Gasteiger partial charge in [-0.3, -0.25) is 4.79 Å². The van der Waals surface area contributed by atoms with E-state index in [-0.39, 0.29) is 22.7 Å².